The molecule has 0 aliphatic heterocycles. The number of nitrogens with two attached hydrogens (primary N) is 1. The quantitative estimate of drug-likeness (QED) is 0.444. The van der Waals surface area contributed by atoms with Crippen LogP contribution < -0.4 is 5.73 Å². The van der Waals surface area contributed by atoms with Gasteiger partial charge in [0.25, 0.3) is 0 Å². The fourth-order valence-electron chi connectivity index (χ4n) is 2.97. The molecule has 0 fully saturated rings. The van der Waals surface area contributed by atoms with Crippen molar-refractivity contribution in [1.82, 2.24) is 4.98 Å². The second-order valence-electron chi connectivity index (χ2n) is 5.41. The SMILES string of the molecule is Br.Nc1nc2c(s1)Cc1c(-c3ccc(C(F)(F)F)cc3)cccc1-2. The second kappa shape index (κ2) is 5.89. The van der Waals surface area contributed by atoms with Crippen molar-refractivity contribution in [3.8, 4) is 22.4 Å². The van der Waals surface area contributed by atoms with E-state index in [4.69, 9.17) is 5.73 Å². The number of anilines is 1. The lowest BCUT2D eigenvalue weighted by Crippen LogP contribution is -2.04. The maximum absolute atomic E-state index is 12.7. The predicted molar refractivity (Wildman–Crippen MR) is 95.5 cm³/mol. The number of fused-ring (bicyclic) bond motifs is 3. The summed E-state index contributed by atoms with van der Waals surface area (Å²) < 4.78 is 38.1. The number of alkyl halides is 3. The average molecular weight is 413 g/mol. The van der Waals surface area contributed by atoms with E-state index < -0.39 is 11.7 Å². The third-order valence-electron chi connectivity index (χ3n) is 4.01. The van der Waals surface area contributed by atoms with Crippen LogP contribution in [0.2, 0.25) is 0 Å². The van der Waals surface area contributed by atoms with Crippen LogP contribution >= 0.6 is 28.3 Å². The van der Waals surface area contributed by atoms with E-state index in [0.29, 0.717) is 5.13 Å². The zero-order valence-electron chi connectivity index (χ0n) is 12.2. The molecule has 7 heteroatoms. The summed E-state index contributed by atoms with van der Waals surface area (Å²) in [4.78, 5) is 5.47. The van der Waals surface area contributed by atoms with E-state index in [0.717, 1.165) is 51.4 Å². The molecule has 0 radical (unpaired) electrons. The van der Waals surface area contributed by atoms with Crippen LogP contribution in [0.25, 0.3) is 22.4 Å². The summed E-state index contributed by atoms with van der Waals surface area (Å²) >= 11 is 1.46. The lowest BCUT2D eigenvalue weighted by molar-refractivity contribution is -0.137. The van der Waals surface area contributed by atoms with Gasteiger partial charge in [-0.3, -0.25) is 0 Å². The van der Waals surface area contributed by atoms with Gasteiger partial charge in [-0.05, 0) is 28.8 Å². The molecule has 1 heterocycles. The number of aromatic nitrogens is 1. The maximum Gasteiger partial charge on any atom is 0.416 e. The van der Waals surface area contributed by atoms with Gasteiger partial charge in [0.05, 0.1) is 11.3 Å². The van der Waals surface area contributed by atoms with Crippen LogP contribution in [0.3, 0.4) is 0 Å². The molecule has 2 N–H and O–H groups in total. The topological polar surface area (TPSA) is 38.9 Å². The normalized spacial score (nSPS) is 12.5. The number of nitrogen functional groups attached to an aromatic ring is 1. The third-order valence-corrected chi connectivity index (χ3v) is 4.89. The van der Waals surface area contributed by atoms with Crippen molar-refractivity contribution in [3.63, 3.8) is 0 Å². The van der Waals surface area contributed by atoms with Crippen molar-refractivity contribution in [2.45, 2.75) is 12.6 Å². The Bertz CT molecular complexity index is 901. The summed E-state index contributed by atoms with van der Waals surface area (Å²) in [5, 5.41) is 0.542. The second-order valence-corrected chi connectivity index (χ2v) is 6.52. The van der Waals surface area contributed by atoms with Crippen LogP contribution in [0.1, 0.15) is 16.0 Å². The highest BCUT2D eigenvalue weighted by atomic mass is 79.9. The summed E-state index contributed by atoms with van der Waals surface area (Å²) in [7, 11) is 0. The van der Waals surface area contributed by atoms with Gasteiger partial charge < -0.3 is 5.73 Å². The standard InChI is InChI=1S/C17H11F3N2S.BrH/c18-17(19,20)10-6-4-9(5-7-10)11-2-1-3-12-13(11)8-14-15(12)22-16(21)23-14;/h1-7H,8H2,(H2,21,22);1H. The van der Waals surface area contributed by atoms with Crippen molar-refractivity contribution in [1.29, 1.82) is 0 Å². The highest BCUT2D eigenvalue weighted by Crippen LogP contribution is 2.44. The Hall–Kier alpha value is -1.86. The molecule has 124 valence electrons. The number of nitrogens with zero attached hydrogens (tertiary/aromatic N) is 1. The number of benzene rings is 2. The minimum absolute atomic E-state index is 0. The molecule has 0 saturated carbocycles. The van der Waals surface area contributed by atoms with Crippen molar-refractivity contribution in [2.75, 3.05) is 5.73 Å². The monoisotopic (exact) mass is 412 g/mol. The van der Waals surface area contributed by atoms with Crippen molar-refractivity contribution in [2.24, 2.45) is 0 Å². The summed E-state index contributed by atoms with van der Waals surface area (Å²) in [5.41, 5.74) is 9.85. The number of rotatable bonds is 1. The third kappa shape index (κ3) is 2.71. The summed E-state index contributed by atoms with van der Waals surface area (Å²) in [6.07, 6.45) is -3.60. The largest absolute Gasteiger partial charge is 0.416 e. The van der Waals surface area contributed by atoms with Crippen LogP contribution in [0, 0.1) is 0 Å². The van der Waals surface area contributed by atoms with Crippen LogP contribution in [-0.4, -0.2) is 4.98 Å². The van der Waals surface area contributed by atoms with E-state index in [2.05, 4.69) is 4.98 Å². The Morgan fingerprint density at radius 2 is 1.67 bits per heavy atom. The first kappa shape index (κ1) is 17.0. The van der Waals surface area contributed by atoms with Crippen molar-refractivity contribution >= 4 is 33.4 Å². The van der Waals surface area contributed by atoms with Gasteiger partial charge in [-0.1, -0.05) is 30.3 Å². The fraction of sp³-hybridized carbons (Fsp3) is 0.118. The van der Waals surface area contributed by atoms with Gasteiger partial charge in [0.15, 0.2) is 5.13 Å². The van der Waals surface area contributed by atoms with Crippen LogP contribution in [-0.2, 0) is 12.6 Å². The van der Waals surface area contributed by atoms with Gasteiger partial charge in [-0.2, -0.15) is 13.2 Å². The molecular weight excluding hydrogens is 401 g/mol. The molecule has 0 amide bonds. The molecular formula is C17H12BrF3N2S. The molecule has 2 aromatic carbocycles. The van der Waals surface area contributed by atoms with Gasteiger partial charge in [0, 0.05) is 16.9 Å². The molecule has 24 heavy (non-hydrogen) atoms. The van der Waals surface area contributed by atoms with E-state index in [1.165, 1.54) is 23.5 Å². The van der Waals surface area contributed by atoms with E-state index in [1.54, 1.807) is 0 Å². The summed E-state index contributed by atoms with van der Waals surface area (Å²) in [5.74, 6) is 0. The Kier molecular flexibility index (Phi) is 4.17. The molecule has 0 unspecified atom stereocenters. The Balaban J connectivity index is 0.00000169. The van der Waals surface area contributed by atoms with Gasteiger partial charge >= 0.3 is 6.18 Å². The zero-order chi connectivity index (χ0) is 16.2. The molecule has 0 saturated heterocycles. The molecule has 1 aliphatic rings. The van der Waals surface area contributed by atoms with E-state index in [-0.39, 0.29) is 17.0 Å². The molecule has 3 aromatic rings. The van der Waals surface area contributed by atoms with Crippen LogP contribution in [0.4, 0.5) is 18.3 Å². The molecule has 0 bridgehead atoms. The first-order valence-electron chi connectivity index (χ1n) is 6.98. The lowest BCUT2D eigenvalue weighted by Gasteiger charge is -2.11. The smallest absolute Gasteiger partial charge is 0.375 e. The van der Waals surface area contributed by atoms with Crippen LogP contribution in [0.5, 0.6) is 0 Å². The Morgan fingerprint density at radius 3 is 2.33 bits per heavy atom. The summed E-state index contributed by atoms with van der Waals surface area (Å²) in [6.45, 7) is 0. The minimum atomic E-state index is -4.32. The lowest BCUT2D eigenvalue weighted by atomic mass is 9.95. The first-order valence-corrected chi connectivity index (χ1v) is 7.80. The van der Waals surface area contributed by atoms with Crippen molar-refractivity contribution in [3.05, 3.63) is 58.5 Å². The number of halogens is 4. The van der Waals surface area contributed by atoms with E-state index >= 15 is 0 Å². The highest BCUT2D eigenvalue weighted by molar-refractivity contribution is 8.93. The molecule has 0 atom stereocenters. The molecule has 0 spiro atoms. The highest BCUT2D eigenvalue weighted by Gasteiger charge is 2.30. The molecule has 1 aromatic heterocycles. The van der Waals surface area contributed by atoms with Crippen molar-refractivity contribution < 1.29 is 13.2 Å². The minimum Gasteiger partial charge on any atom is -0.375 e. The van der Waals surface area contributed by atoms with E-state index in [1.807, 2.05) is 18.2 Å². The molecule has 4 rings (SSSR count). The van der Waals surface area contributed by atoms with Crippen LogP contribution in [0.15, 0.2) is 42.5 Å². The number of hydrogen-bond acceptors (Lipinski definition) is 3. The maximum atomic E-state index is 12.7. The van der Waals surface area contributed by atoms with Gasteiger partial charge in [-0.15, -0.1) is 28.3 Å². The Morgan fingerprint density at radius 1 is 1.00 bits per heavy atom. The molecule has 2 nitrogen and oxygen atoms in total. The van der Waals surface area contributed by atoms with Gasteiger partial charge in [0.1, 0.15) is 0 Å². The molecule has 1 aliphatic carbocycles. The first-order chi connectivity index (χ1) is 10.9. The predicted octanol–water partition coefficient (Wildman–Crippen LogP) is 5.56. The number of hydrogen-bond donors (Lipinski definition) is 1. The fourth-order valence-corrected chi connectivity index (χ4v) is 3.83. The zero-order valence-corrected chi connectivity index (χ0v) is 14.8. The summed E-state index contributed by atoms with van der Waals surface area (Å²) in [6, 6.07) is 11.1. The van der Waals surface area contributed by atoms with E-state index in [9.17, 15) is 13.2 Å². The Labute approximate surface area is 150 Å². The van der Waals surface area contributed by atoms with Gasteiger partial charge in [0.2, 0.25) is 0 Å². The number of thiazole rings is 1. The average Bonchev–Trinajstić information content (AvgIpc) is 3.02. The van der Waals surface area contributed by atoms with Gasteiger partial charge in [-0.25, -0.2) is 4.98 Å².